The number of nitrogens with zero attached hydrogens (tertiary/aromatic N) is 1. The van der Waals surface area contributed by atoms with E-state index in [4.69, 9.17) is 14.2 Å². The molecule has 1 aromatic carbocycles. The number of aryl methyl sites for hydroxylation is 2. The summed E-state index contributed by atoms with van der Waals surface area (Å²) in [5.74, 6) is 0.176. The predicted molar refractivity (Wildman–Crippen MR) is 115 cm³/mol. The maximum absolute atomic E-state index is 13.7. The van der Waals surface area contributed by atoms with Crippen molar-refractivity contribution < 1.29 is 27.4 Å². The normalized spacial score (nSPS) is 20.8. The third-order valence-electron chi connectivity index (χ3n) is 5.11. The molecule has 1 aliphatic rings. The van der Waals surface area contributed by atoms with Crippen molar-refractivity contribution >= 4 is 16.0 Å². The lowest BCUT2D eigenvalue weighted by Gasteiger charge is -2.39. The third-order valence-corrected chi connectivity index (χ3v) is 7.48. The van der Waals surface area contributed by atoms with E-state index in [9.17, 15) is 13.2 Å². The van der Waals surface area contributed by atoms with Crippen molar-refractivity contribution in [3.63, 3.8) is 0 Å². The second-order valence-corrected chi connectivity index (χ2v) is 10.7. The Morgan fingerprint density at radius 2 is 1.77 bits per heavy atom. The van der Waals surface area contributed by atoms with Crippen molar-refractivity contribution in [2.24, 2.45) is 0 Å². The Balaban J connectivity index is 2.22. The van der Waals surface area contributed by atoms with Gasteiger partial charge >= 0.3 is 5.97 Å². The van der Waals surface area contributed by atoms with Crippen LogP contribution >= 0.6 is 0 Å². The number of rotatable bonds is 7. The van der Waals surface area contributed by atoms with Crippen molar-refractivity contribution in [2.75, 3.05) is 20.3 Å². The SMILES string of the molecule is COc1cc(C)c(S(=O)(=O)N2[C@@H](COCC(=O)OC(C)(C)C)CCC[C@H]2C)c(C)c1. The van der Waals surface area contributed by atoms with Crippen molar-refractivity contribution in [3.8, 4) is 5.75 Å². The molecule has 0 amide bonds. The van der Waals surface area contributed by atoms with Crippen LogP contribution in [0.4, 0.5) is 0 Å². The number of ether oxygens (including phenoxy) is 3. The Bertz CT molecular complexity index is 836. The molecule has 8 heteroatoms. The van der Waals surface area contributed by atoms with Crippen LogP contribution in [0, 0.1) is 13.8 Å². The Labute approximate surface area is 180 Å². The quantitative estimate of drug-likeness (QED) is 0.601. The highest BCUT2D eigenvalue weighted by molar-refractivity contribution is 7.89. The van der Waals surface area contributed by atoms with E-state index in [-0.39, 0.29) is 25.3 Å². The van der Waals surface area contributed by atoms with Gasteiger partial charge in [0, 0.05) is 12.1 Å². The van der Waals surface area contributed by atoms with Crippen LogP contribution in [0.5, 0.6) is 5.75 Å². The largest absolute Gasteiger partial charge is 0.497 e. The van der Waals surface area contributed by atoms with Gasteiger partial charge < -0.3 is 14.2 Å². The average Bonchev–Trinajstić information content (AvgIpc) is 2.58. The average molecular weight is 442 g/mol. The second-order valence-electron chi connectivity index (χ2n) is 8.96. The zero-order chi connectivity index (χ0) is 22.7. The van der Waals surface area contributed by atoms with E-state index in [2.05, 4.69) is 0 Å². The van der Waals surface area contributed by atoms with E-state index in [1.54, 1.807) is 58.2 Å². The molecular weight excluding hydrogens is 406 g/mol. The highest BCUT2D eigenvalue weighted by Gasteiger charge is 2.39. The molecule has 1 saturated heterocycles. The maximum Gasteiger partial charge on any atom is 0.332 e. The molecule has 0 radical (unpaired) electrons. The summed E-state index contributed by atoms with van der Waals surface area (Å²) in [6.07, 6.45) is 2.39. The molecule has 0 saturated carbocycles. The van der Waals surface area contributed by atoms with Gasteiger partial charge in [0.1, 0.15) is 18.0 Å². The third kappa shape index (κ3) is 5.95. The monoisotopic (exact) mass is 441 g/mol. The van der Waals surface area contributed by atoms with Crippen LogP contribution in [0.25, 0.3) is 0 Å². The lowest BCUT2D eigenvalue weighted by molar-refractivity contribution is -0.160. The number of sulfonamides is 1. The topological polar surface area (TPSA) is 82.1 Å². The first kappa shape index (κ1) is 24.6. The van der Waals surface area contributed by atoms with Gasteiger partial charge in [0.05, 0.1) is 18.6 Å². The smallest absolute Gasteiger partial charge is 0.332 e. The van der Waals surface area contributed by atoms with Crippen molar-refractivity contribution in [3.05, 3.63) is 23.3 Å². The lowest BCUT2D eigenvalue weighted by atomic mass is 10.0. The molecule has 1 fully saturated rings. The standard InChI is InChI=1S/C22H35NO6S/c1-15-11-19(27-7)12-16(2)21(15)30(25,26)23-17(3)9-8-10-18(23)13-28-14-20(24)29-22(4,5)6/h11-12,17-18H,8-10,13-14H2,1-7H3/t17-,18-/m1/s1. The van der Waals surface area contributed by atoms with E-state index in [1.165, 1.54) is 0 Å². The summed E-state index contributed by atoms with van der Waals surface area (Å²) in [5.41, 5.74) is 0.717. The van der Waals surface area contributed by atoms with Crippen molar-refractivity contribution in [1.29, 1.82) is 0 Å². The molecule has 0 bridgehead atoms. The number of carbonyl (C=O) groups is 1. The van der Waals surface area contributed by atoms with Crippen LogP contribution in [0.15, 0.2) is 17.0 Å². The van der Waals surface area contributed by atoms with Crippen molar-refractivity contribution in [2.45, 2.75) is 83.4 Å². The first-order valence-electron chi connectivity index (χ1n) is 10.3. The van der Waals surface area contributed by atoms with E-state index in [0.717, 1.165) is 12.8 Å². The molecule has 1 heterocycles. The van der Waals surface area contributed by atoms with Crippen LogP contribution in [0.1, 0.15) is 58.1 Å². The molecule has 0 spiro atoms. The summed E-state index contributed by atoms with van der Waals surface area (Å²) >= 11 is 0. The Kier molecular flexibility index (Phi) is 7.93. The van der Waals surface area contributed by atoms with Crippen molar-refractivity contribution in [1.82, 2.24) is 4.31 Å². The number of carbonyl (C=O) groups excluding carboxylic acids is 1. The van der Waals surface area contributed by atoms with Crippen LogP contribution in [0.3, 0.4) is 0 Å². The molecular formula is C22H35NO6S. The zero-order valence-electron chi connectivity index (χ0n) is 19.1. The number of hydrogen-bond acceptors (Lipinski definition) is 6. The minimum atomic E-state index is -3.74. The highest BCUT2D eigenvalue weighted by Crippen LogP contribution is 2.34. The second kappa shape index (κ2) is 9.66. The fourth-order valence-corrected chi connectivity index (χ4v) is 6.32. The summed E-state index contributed by atoms with van der Waals surface area (Å²) in [5, 5.41) is 0. The number of methoxy groups -OCH3 is 1. The Morgan fingerprint density at radius 1 is 1.17 bits per heavy atom. The van der Waals surface area contributed by atoms with E-state index >= 15 is 0 Å². The van der Waals surface area contributed by atoms with Crippen LogP contribution in [-0.4, -0.2) is 56.7 Å². The van der Waals surface area contributed by atoms with Gasteiger partial charge in [0.15, 0.2) is 0 Å². The molecule has 170 valence electrons. The van der Waals surface area contributed by atoms with Gasteiger partial charge in [-0.25, -0.2) is 13.2 Å². The molecule has 7 nitrogen and oxygen atoms in total. The predicted octanol–water partition coefficient (Wildman–Crippen LogP) is 3.60. The fourth-order valence-electron chi connectivity index (χ4n) is 4.04. The molecule has 0 aromatic heterocycles. The molecule has 0 unspecified atom stereocenters. The molecule has 0 N–H and O–H groups in total. The van der Waals surface area contributed by atoms with Crippen LogP contribution in [-0.2, 0) is 24.3 Å². The number of esters is 1. The molecule has 0 aliphatic carbocycles. The van der Waals surface area contributed by atoms with Gasteiger partial charge in [-0.05, 0) is 77.6 Å². The highest BCUT2D eigenvalue weighted by atomic mass is 32.2. The van der Waals surface area contributed by atoms with Crippen LogP contribution in [0.2, 0.25) is 0 Å². The summed E-state index contributed by atoms with van der Waals surface area (Å²) in [6.45, 7) is 10.8. The lowest BCUT2D eigenvalue weighted by Crippen LogP contribution is -2.51. The number of hydrogen-bond donors (Lipinski definition) is 0. The molecule has 2 atom stereocenters. The zero-order valence-corrected chi connectivity index (χ0v) is 20.0. The van der Waals surface area contributed by atoms with Gasteiger partial charge in [-0.1, -0.05) is 6.42 Å². The van der Waals surface area contributed by atoms with Gasteiger partial charge in [-0.15, -0.1) is 0 Å². The minimum Gasteiger partial charge on any atom is -0.497 e. The van der Waals surface area contributed by atoms with Gasteiger partial charge in [-0.3, -0.25) is 0 Å². The summed E-state index contributed by atoms with van der Waals surface area (Å²) in [7, 11) is -2.18. The molecule has 30 heavy (non-hydrogen) atoms. The first-order chi connectivity index (χ1) is 13.9. The van der Waals surface area contributed by atoms with E-state index in [1.807, 2.05) is 6.92 Å². The van der Waals surface area contributed by atoms with Gasteiger partial charge in [0.25, 0.3) is 0 Å². The minimum absolute atomic E-state index is 0.150. The van der Waals surface area contributed by atoms with Gasteiger partial charge in [0.2, 0.25) is 10.0 Å². The summed E-state index contributed by atoms with van der Waals surface area (Å²) in [4.78, 5) is 12.2. The summed E-state index contributed by atoms with van der Waals surface area (Å²) in [6, 6.07) is 2.99. The first-order valence-corrected chi connectivity index (χ1v) is 11.8. The molecule has 1 aromatic rings. The number of piperidine rings is 1. The molecule has 1 aliphatic heterocycles. The van der Waals surface area contributed by atoms with Gasteiger partial charge in [-0.2, -0.15) is 4.31 Å². The molecule has 2 rings (SSSR count). The summed E-state index contributed by atoms with van der Waals surface area (Å²) < 4.78 is 45.0. The Morgan fingerprint density at radius 3 is 2.30 bits per heavy atom. The fraction of sp³-hybridized carbons (Fsp3) is 0.682. The number of benzene rings is 1. The van der Waals surface area contributed by atoms with E-state index < -0.39 is 21.6 Å². The van der Waals surface area contributed by atoms with E-state index in [0.29, 0.717) is 28.2 Å². The van der Waals surface area contributed by atoms with Crippen LogP contribution < -0.4 is 4.74 Å². The Hall–Kier alpha value is -1.64. The maximum atomic E-state index is 13.7.